The van der Waals surface area contributed by atoms with Crippen LogP contribution in [0.25, 0.3) is 10.2 Å². The first-order valence-electron chi connectivity index (χ1n) is 7.06. The molecule has 0 amide bonds. The fourth-order valence-corrected chi connectivity index (χ4v) is 3.73. The van der Waals surface area contributed by atoms with E-state index in [0.717, 1.165) is 48.8 Å². The van der Waals surface area contributed by atoms with Gasteiger partial charge in [-0.3, -0.25) is 0 Å². The van der Waals surface area contributed by atoms with E-state index in [1.807, 2.05) is 0 Å². The number of halogens is 1. The lowest BCUT2D eigenvalue weighted by Gasteiger charge is -2.28. The van der Waals surface area contributed by atoms with Crippen LogP contribution in [0.3, 0.4) is 0 Å². The number of anilines is 1. The molecule has 6 heteroatoms. The number of thiophene rings is 1. The molecule has 4 nitrogen and oxygen atoms in total. The molecular weight excluding hydrogens is 294 g/mol. The lowest BCUT2D eigenvalue weighted by atomic mass is 10.2. The standard InChI is InChI=1S/C14H18ClN3OS/c1-2-3-4-10-9-11-12(20-10)13(17-14(15)16-11)18-5-7-19-8-6-18/h9H,2-8H2,1H3. The third kappa shape index (κ3) is 2.90. The zero-order valence-corrected chi connectivity index (χ0v) is 13.1. The van der Waals surface area contributed by atoms with Crippen molar-refractivity contribution in [3.05, 3.63) is 16.2 Å². The summed E-state index contributed by atoms with van der Waals surface area (Å²) in [6.07, 6.45) is 3.52. The largest absolute Gasteiger partial charge is 0.378 e. The summed E-state index contributed by atoms with van der Waals surface area (Å²) in [5, 5.41) is 0.332. The van der Waals surface area contributed by atoms with Crippen molar-refractivity contribution in [1.82, 2.24) is 9.97 Å². The lowest BCUT2D eigenvalue weighted by molar-refractivity contribution is 0.122. The molecule has 0 aliphatic carbocycles. The molecule has 3 heterocycles. The second-order valence-electron chi connectivity index (χ2n) is 4.95. The number of unbranched alkanes of at least 4 members (excludes halogenated alkanes) is 1. The average Bonchev–Trinajstić information content (AvgIpc) is 2.87. The number of fused-ring (bicyclic) bond motifs is 1. The quantitative estimate of drug-likeness (QED) is 0.810. The molecule has 1 saturated heterocycles. The van der Waals surface area contributed by atoms with Gasteiger partial charge in [-0.25, -0.2) is 4.98 Å². The molecule has 0 radical (unpaired) electrons. The molecule has 1 aliphatic heterocycles. The molecule has 0 N–H and O–H groups in total. The van der Waals surface area contributed by atoms with Gasteiger partial charge in [-0.1, -0.05) is 13.3 Å². The van der Waals surface area contributed by atoms with Gasteiger partial charge in [-0.15, -0.1) is 11.3 Å². The Bertz CT molecular complexity index is 595. The summed E-state index contributed by atoms with van der Waals surface area (Å²) in [6, 6.07) is 2.16. The number of hydrogen-bond donors (Lipinski definition) is 0. The monoisotopic (exact) mass is 311 g/mol. The van der Waals surface area contributed by atoms with Gasteiger partial charge in [0.25, 0.3) is 0 Å². The maximum absolute atomic E-state index is 6.08. The molecule has 20 heavy (non-hydrogen) atoms. The Balaban J connectivity index is 1.98. The van der Waals surface area contributed by atoms with E-state index in [2.05, 4.69) is 27.9 Å². The number of rotatable bonds is 4. The smallest absolute Gasteiger partial charge is 0.224 e. The Morgan fingerprint density at radius 1 is 1.35 bits per heavy atom. The van der Waals surface area contributed by atoms with Gasteiger partial charge < -0.3 is 9.64 Å². The third-order valence-electron chi connectivity index (χ3n) is 3.46. The molecule has 2 aromatic rings. The van der Waals surface area contributed by atoms with Crippen LogP contribution in [0.4, 0.5) is 5.82 Å². The molecule has 0 aromatic carbocycles. The summed E-state index contributed by atoms with van der Waals surface area (Å²) in [7, 11) is 0. The SMILES string of the molecule is CCCCc1cc2nc(Cl)nc(N3CCOCC3)c2s1. The molecule has 1 aliphatic rings. The molecule has 108 valence electrons. The van der Waals surface area contributed by atoms with Crippen molar-refractivity contribution in [3.8, 4) is 0 Å². The Morgan fingerprint density at radius 3 is 2.90 bits per heavy atom. The van der Waals surface area contributed by atoms with Gasteiger partial charge in [-0.05, 0) is 30.5 Å². The average molecular weight is 312 g/mol. The minimum Gasteiger partial charge on any atom is -0.378 e. The highest BCUT2D eigenvalue weighted by Gasteiger charge is 2.18. The van der Waals surface area contributed by atoms with Gasteiger partial charge in [0.15, 0.2) is 5.82 Å². The van der Waals surface area contributed by atoms with Crippen molar-refractivity contribution in [2.75, 3.05) is 31.2 Å². The Kier molecular flexibility index (Phi) is 4.38. The summed E-state index contributed by atoms with van der Waals surface area (Å²) >= 11 is 7.88. The van der Waals surface area contributed by atoms with Crippen LogP contribution >= 0.6 is 22.9 Å². The molecule has 3 rings (SSSR count). The topological polar surface area (TPSA) is 38.2 Å². The van der Waals surface area contributed by atoms with Gasteiger partial charge in [0.05, 0.1) is 23.4 Å². The fraction of sp³-hybridized carbons (Fsp3) is 0.571. The number of hydrogen-bond acceptors (Lipinski definition) is 5. The highest BCUT2D eigenvalue weighted by atomic mass is 35.5. The lowest BCUT2D eigenvalue weighted by Crippen LogP contribution is -2.36. The first kappa shape index (κ1) is 14.0. The number of aromatic nitrogens is 2. The number of morpholine rings is 1. The van der Waals surface area contributed by atoms with Crippen LogP contribution in [-0.2, 0) is 11.2 Å². The van der Waals surface area contributed by atoms with Crippen LogP contribution in [0.1, 0.15) is 24.6 Å². The number of aryl methyl sites for hydroxylation is 1. The predicted molar refractivity (Wildman–Crippen MR) is 84.1 cm³/mol. The third-order valence-corrected chi connectivity index (χ3v) is 4.81. The Morgan fingerprint density at radius 2 is 2.15 bits per heavy atom. The van der Waals surface area contributed by atoms with Gasteiger partial charge in [0.1, 0.15) is 0 Å². The minimum absolute atomic E-state index is 0.332. The van der Waals surface area contributed by atoms with E-state index in [1.54, 1.807) is 11.3 Å². The molecule has 1 fully saturated rings. The van der Waals surface area contributed by atoms with Crippen molar-refractivity contribution >= 4 is 39.0 Å². The maximum Gasteiger partial charge on any atom is 0.224 e. The zero-order valence-electron chi connectivity index (χ0n) is 11.6. The Hall–Kier alpha value is -0.910. The van der Waals surface area contributed by atoms with Crippen LogP contribution in [0.5, 0.6) is 0 Å². The van der Waals surface area contributed by atoms with Crippen LogP contribution in [-0.4, -0.2) is 36.3 Å². The molecule has 0 bridgehead atoms. The minimum atomic E-state index is 0.332. The second-order valence-corrected chi connectivity index (χ2v) is 6.42. The van der Waals surface area contributed by atoms with E-state index in [0.29, 0.717) is 5.28 Å². The zero-order chi connectivity index (χ0) is 13.9. The van der Waals surface area contributed by atoms with Crippen LogP contribution < -0.4 is 4.90 Å². The predicted octanol–water partition coefficient (Wildman–Crippen LogP) is 3.52. The van der Waals surface area contributed by atoms with Gasteiger partial charge in [0.2, 0.25) is 5.28 Å². The summed E-state index contributed by atoms with van der Waals surface area (Å²) < 4.78 is 6.56. The first-order chi connectivity index (χ1) is 9.78. The summed E-state index contributed by atoms with van der Waals surface area (Å²) in [6.45, 7) is 5.44. The normalized spacial score (nSPS) is 16.0. The van der Waals surface area contributed by atoms with Crippen molar-refractivity contribution in [2.45, 2.75) is 26.2 Å². The highest BCUT2D eigenvalue weighted by molar-refractivity contribution is 7.19. The van der Waals surface area contributed by atoms with Crippen molar-refractivity contribution in [2.24, 2.45) is 0 Å². The summed E-state index contributed by atoms with van der Waals surface area (Å²) in [5.74, 6) is 0.969. The van der Waals surface area contributed by atoms with Gasteiger partial charge >= 0.3 is 0 Å². The molecule has 0 spiro atoms. The molecular formula is C14H18ClN3OS. The molecule has 2 aromatic heterocycles. The molecule has 0 saturated carbocycles. The first-order valence-corrected chi connectivity index (χ1v) is 8.26. The van der Waals surface area contributed by atoms with Gasteiger partial charge in [0, 0.05) is 18.0 Å². The van der Waals surface area contributed by atoms with Crippen LogP contribution in [0.2, 0.25) is 5.28 Å². The number of ether oxygens (including phenoxy) is 1. The summed E-state index contributed by atoms with van der Waals surface area (Å²) in [4.78, 5) is 12.4. The maximum atomic E-state index is 6.08. The van der Waals surface area contributed by atoms with E-state index in [1.165, 1.54) is 17.7 Å². The van der Waals surface area contributed by atoms with Crippen molar-refractivity contribution < 1.29 is 4.74 Å². The van der Waals surface area contributed by atoms with Crippen LogP contribution in [0, 0.1) is 0 Å². The highest BCUT2D eigenvalue weighted by Crippen LogP contribution is 2.33. The number of nitrogens with zero attached hydrogens (tertiary/aromatic N) is 3. The second kappa shape index (κ2) is 6.24. The van der Waals surface area contributed by atoms with E-state index in [4.69, 9.17) is 16.3 Å². The van der Waals surface area contributed by atoms with Crippen LogP contribution in [0.15, 0.2) is 6.07 Å². The molecule has 0 unspecified atom stereocenters. The fourth-order valence-electron chi connectivity index (χ4n) is 2.40. The summed E-state index contributed by atoms with van der Waals surface area (Å²) in [5.41, 5.74) is 0.975. The Labute approximate surface area is 127 Å². The van der Waals surface area contributed by atoms with E-state index < -0.39 is 0 Å². The van der Waals surface area contributed by atoms with E-state index >= 15 is 0 Å². The van der Waals surface area contributed by atoms with E-state index in [-0.39, 0.29) is 0 Å². The van der Waals surface area contributed by atoms with Crippen molar-refractivity contribution in [1.29, 1.82) is 0 Å². The van der Waals surface area contributed by atoms with Crippen molar-refractivity contribution in [3.63, 3.8) is 0 Å². The molecule has 0 atom stereocenters. The van der Waals surface area contributed by atoms with E-state index in [9.17, 15) is 0 Å². The van der Waals surface area contributed by atoms with Gasteiger partial charge in [-0.2, -0.15) is 4.98 Å².